The van der Waals surface area contributed by atoms with E-state index in [9.17, 15) is 10.1 Å². The first kappa shape index (κ1) is 13.2. The SMILES string of the molecule is NNc1cc(Oc2cc(Br)cc([N+](=O)[O-])c2)ccn1. The van der Waals surface area contributed by atoms with Crippen molar-refractivity contribution in [1.29, 1.82) is 0 Å². The molecular formula is C11H9BrN4O3. The smallest absolute Gasteiger partial charge is 0.274 e. The second kappa shape index (κ2) is 5.63. The van der Waals surface area contributed by atoms with Crippen molar-refractivity contribution in [2.24, 2.45) is 5.84 Å². The summed E-state index contributed by atoms with van der Waals surface area (Å²) in [6, 6.07) is 7.55. The fourth-order valence-corrected chi connectivity index (χ4v) is 1.86. The summed E-state index contributed by atoms with van der Waals surface area (Å²) in [5.41, 5.74) is 2.33. The molecule has 1 aromatic carbocycles. The Kier molecular flexibility index (Phi) is 3.93. The molecule has 3 N–H and O–H groups in total. The van der Waals surface area contributed by atoms with Gasteiger partial charge in [-0.2, -0.15) is 0 Å². The zero-order valence-electron chi connectivity index (χ0n) is 9.54. The minimum absolute atomic E-state index is 0.0596. The fourth-order valence-electron chi connectivity index (χ4n) is 1.40. The van der Waals surface area contributed by atoms with E-state index in [1.807, 2.05) is 0 Å². The third-order valence-electron chi connectivity index (χ3n) is 2.18. The lowest BCUT2D eigenvalue weighted by Gasteiger charge is -2.07. The molecule has 2 rings (SSSR count). The lowest BCUT2D eigenvalue weighted by atomic mass is 10.3. The molecule has 0 aliphatic carbocycles. The number of anilines is 1. The Morgan fingerprint density at radius 2 is 2.11 bits per heavy atom. The van der Waals surface area contributed by atoms with Gasteiger partial charge in [-0.05, 0) is 12.1 Å². The molecular weight excluding hydrogens is 316 g/mol. The molecule has 2 aromatic rings. The average Bonchev–Trinajstić information content (AvgIpc) is 2.38. The molecule has 0 aliphatic rings. The van der Waals surface area contributed by atoms with E-state index in [0.717, 1.165) is 0 Å². The molecule has 1 aromatic heterocycles. The summed E-state index contributed by atoms with van der Waals surface area (Å²) in [6.45, 7) is 0. The van der Waals surface area contributed by atoms with Gasteiger partial charge < -0.3 is 10.2 Å². The standard InChI is InChI=1S/C11H9BrN4O3/c12-7-3-8(16(17)18)5-10(4-7)19-9-1-2-14-11(6-9)15-13/h1-6H,13H2,(H,14,15). The molecule has 1 heterocycles. The van der Waals surface area contributed by atoms with Crippen molar-refractivity contribution in [3.63, 3.8) is 0 Å². The van der Waals surface area contributed by atoms with Crippen LogP contribution in [0.15, 0.2) is 41.0 Å². The quantitative estimate of drug-likeness (QED) is 0.509. The third kappa shape index (κ3) is 3.39. The first-order valence-electron chi connectivity index (χ1n) is 5.14. The number of rotatable bonds is 4. The van der Waals surface area contributed by atoms with Crippen molar-refractivity contribution in [3.8, 4) is 11.5 Å². The van der Waals surface area contributed by atoms with Gasteiger partial charge in [-0.15, -0.1) is 0 Å². The number of aromatic nitrogens is 1. The van der Waals surface area contributed by atoms with Crippen LogP contribution in [-0.4, -0.2) is 9.91 Å². The van der Waals surface area contributed by atoms with E-state index >= 15 is 0 Å². The minimum Gasteiger partial charge on any atom is -0.457 e. The Bertz CT molecular complexity index is 621. The maximum absolute atomic E-state index is 10.8. The average molecular weight is 325 g/mol. The summed E-state index contributed by atoms with van der Waals surface area (Å²) in [7, 11) is 0. The first-order valence-corrected chi connectivity index (χ1v) is 5.93. The molecule has 7 nitrogen and oxygen atoms in total. The number of hydrogen-bond donors (Lipinski definition) is 2. The van der Waals surface area contributed by atoms with Crippen molar-refractivity contribution < 1.29 is 9.66 Å². The number of hydrazine groups is 1. The molecule has 8 heteroatoms. The highest BCUT2D eigenvalue weighted by Gasteiger charge is 2.10. The number of nitrogens with zero attached hydrogens (tertiary/aromatic N) is 2. The summed E-state index contributed by atoms with van der Waals surface area (Å²) >= 11 is 3.19. The highest BCUT2D eigenvalue weighted by atomic mass is 79.9. The molecule has 0 atom stereocenters. The highest BCUT2D eigenvalue weighted by Crippen LogP contribution is 2.30. The van der Waals surface area contributed by atoms with E-state index in [4.69, 9.17) is 10.6 Å². The van der Waals surface area contributed by atoms with Gasteiger partial charge in [0.1, 0.15) is 17.3 Å². The van der Waals surface area contributed by atoms with Crippen molar-refractivity contribution in [2.75, 3.05) is 5.43 Å². The molecule has 0 saturated carbocycles. The Morgan fingerprint density at radius 1 is 1.32 bits per heavy atom. The first-order chi connectivity index (χ1) is 9.08. The van der Waals surface area contributed by atoms with Crippen molar-refractivity contribution >= 4 is 27.4 Å². The molecule has 0 unspecified atom stereocenters. The Morgan fingerprint density at radius 3 is 2.79 bits per heavy atom. The number of hydrogen-bond acceptors (Lipinski definition) is 6. The minimum atomic E-state index is -0.489. The Labute approximate surface area is 116 Å². The molecule has 0 radical (unpaired) electrons. The Balaban J connectivity index is 2.29. The number of nitrogens with two attached hydrogens (primary N) is 1. The van der Waals surface area contributed by atoms with Crippen LogP contribution in [0.2, 0.25) is 0 Å². The van der Waals surface area contributed by atoms with Crippen LogP contribution >= 0.6 is 15.9 Å². The van der Waals surface area contributed by atoms with E-state index < -0.39 is 4.92 Å². The van der Waals surface area contributed by atoms with E-state index in [0.29, 0.717) is 21.8 Å². The van der Waals surface area contributed by atoms with Gasteiger partial charge >= 0.3 is 0 Å². The summed E-state index contributed by atoms with van der Waals surface area (Å²) in [4.78, 5) is 14.2. The highest BCUT2D eigenvalue weighted by molar-refractivity contribution is 9.10. The van der Waals surface area contributed by atoms with Gasteiger partial charge in [0.2, 0.25) is 0 Å². The fraction of sp³-hybridized carbons (Fsp3) is 0. The number of pyridine rings is 1. The summed E-state index contributed by atoms with van der Waals surface area (Å²) in [5.74, 6) is 6.48. The molecule has 0 spiro atoms. The second-order valence-corrected chi connectivity index (χ2v) is 4.44. The van der Waals surface area contributed by atoms with Crippen molar-refractivity contribution in [2.45, 2.75) is 0 Å². The number of non-ortho nitro benzene ring substituents is 1. The number of benzene rings is 1. The zero-order chi connectivity index (χ0) is 13.8. The van der Waals surface area contributed by atoms with Crippen LogP contribution in [0.5, 0.6) is 11.5 Å². The van der Waals surface area contributed by atoms with Gasteiger partial charge in [-0.1, -0.05) is 15.9 Å². The van der Waals surface area contributed by atoms with Crippen LogP contribution in [0.1, 0.15) is 0 Å². The Hall–Kier alpha value is -2.19. The van der Waals surface area contributed by atoms with Crippen LogP contribution in [0.25, 0.3) is 0 Å². The summed E-state index contributed by atoms with van der Waals surface area (Å²) in [5, 5.41) is 10.8. The predicted octanol–water partition coefficient (Wildman–Crippen LogP) is 2.83. The van der Waals surface area contributed by atoms with Crippen LogP contribution in [0.4, 0.5) is 11.5 Å². The molecule has 19 heavy (non-hydrogen) atoms. The van der Waals surface area contributed by atoms with Gasteiger partial charge in [0.15, 0.2) is 0 Å². The monoisotopic (exact) mass is 324 g/mol. The van der Waals surface area contributed by atoms with Gasteiger partial charge in [0.25, 0.3) is 5.69 Å². The van der Waals surface area contributed by atoms with E-state index in [2.05, 4.69) is 26.3 Å². The lowest BCUT2D eigenvalue weighted by molar-refractivity contribution is -0.385. The van der Waals surface area contributed by atoms with Gasteiger partial charge in [0, 0.05) is 22.8 Å². The van der Waals surface area contributed by atoms with E-state index in [1.54, 1.807) is 18.2 Å². The van der Waals surface area contributed by atoms with Gasteiger partial charge in [-0.25, -0.2) is 10.8 Å². The topological polar surface area (TPSA) is 103 Å². The molecule has 0 fully saturated rings. The van der Waals surface area contributed by atoms with Crippen LogP contribution in [-0.2, 0) is 0 Å². The number of ether oxygens (including phenoxy) is 1. The third-order valence-corrected chi connectivity index (χ3v) is 2.64. The normalized spacial score (nSPS) is 10.0. The molecule has 98 valence electrons. The van der Waals surface area contributed by atoms with Gasteiger partial charge in [0.05, 0.1) is 11.0 Å². The number of nitrogen functional groups attached to an aromatic ring is 1. The maximum Gasteiger partial charge on any atom is 0.274 e. The van der Waals surface area contributed by atoms with E-state index in [1.165, 1.54) is 18.3 Å². The molecule has 0 aliphatic heterocycles. The van der Waals surface area contributed by atoms with Crippen LogP contribution in [0, 0.1) is 10.1 Å². The zero-order valence-corrected chi connectivity index (χ0v) is 11.1. The van der Waals surface area contributed by atoms with Gasteiger partial charge in [-0.3, -0.25) is 10.1 Å². The molecule has 0 amide bonds. The lowest BCUT2D eigenvalue weighted by Crippen LogP contribution is -2.08. The largest absolute Gasteiger partial charge is 0.457 e. The maximum atomic E-state index is 10.8. The summed E-state index contributed by atoms with van der Waals surface area (Å²) < 4.78 is 6.08. The number of nitro benzene ring substituents is 1. The molecule has 0 bridgehead atoms. The van der Waals surface area contributed by atoms with Crippen molar-refractivity contribution in [3.05, 3.63) is 51.1 Å². The van der Waals surface area contributed by atoms with Crippen LogP contribution in [0.3, 0.4) is 0 Å². The van der Waals surface area contributed by atoms with E-state index in [-0.39, 0.29) is 5.69 Å². The molecule has 0 saturated heterocycles. The van der Waals surface area contributed by atoms with Crippen molar-refractivity contribution in [1.82, 2.24) is 4.98 Å². The van der Waals surface area contributed by atoms with Crippen LogP contribution < -0.4 is 16.0 Å². The second-order valence-electron chi connectivity index (χ2n) is 3.53. The predicted molar refractivity (Wildman–Crippen MR) is 72.9 cm³/mol. The summed E-state index contributed by atoms with van der Waals surface area (Å²) in [6.07, 6.45) is 1.51. The number of nitro groups is 1. The number of nitrogens with one attached hydrogen (secondary N) is 1. The number of halogens is 1.